The third kappa shape index (κ3) is 7.82. The van der Waals surface area contributed by atoms with Crippen molar-refractivity contribution in [2.24, 2.45) is 0 Å². The molecule has 0 spiro atoms. The average molecular weight is 338 g/mol. The number of methoxy groups -OCH3 is 1. The van der Waals surface area contributed by atoms with Crippen molar-refractivity contribution in [3.8, 4) is 5.75 Å². The summed E-state index contributed by atoms with van der Waals surface area (Å²) in [4.78, 5) is 23.1. The number of hydrogen-bond acceptors (Lipinski definition) is 5. The molecule has 0 aromatic heterocycles. The standard InChI is InChI=1S/C17H26N2O5/c1-17(2,3)24-16(22)18-10-9-15(21)19-11-14(20)12-5-7-13(23-4)8-6-12/h5-8,14,20H,9-11H2,1-4H3,(H,18,22)(H,19,21). The van der Waals surface area contributed by atoms with Gasteiger partial charge in [-0.25, -0.2) is 4.79 Å². The van der Waals surface area contributed by atoms with E-state index in [4.69, 9.17) is 9.47 Å². The number of nitrogens with one attached hydrogen (secondary N) is 2. The van der Waals surface area contributed by atoms with E-state index in [-0.39, 0.29) is 25.4 Å². The SMILES string of the molecule is COc1ccc(C(O)CNC(=O)CCNC(=O)OC(C)(C)C)cc1. The van der Waals surface area contributed by atoms with Gasteiger partial charge in [0.15, 0.2) is 0 Å². The summed E-state index contributed by atoms with van der Waals surface area (Å²) >= 11 is 0. The molecule has 134 valence electrons. The van der Waals surface area contributed by atoms with Gasteiger partial charge in [-0.3, -0.25) is 4.79 Å². The van der Waals surface area contributed by atoms with Crippen molar-refractivity contribution >= 4 is 12.0 Å². The predicted molar refractivity (Wildman–Crippen MR) is 89.8 cm³/mol. The molecule has 2 amide bonds. The Morgan fingerprint density at radius 2 is 1.79 bits per heavy atom. The maximum Gasteiger partial charge on any atom is 0.407 e. The Hall–Kier alpha value is -2.28. The van der Waals surface area contributed by atoms with Crippen LogP contribution in [0.4, 0.5) is 4.79 Å². The van der Waals surface area contributed by atoms with Gasteiger partial charge in [-0.15, -0.1) is 0 Å². The summed E-state index contributed by atoms with van der Waals surface area (Å²) in [5.41, 5.74) is 0.109. The number of ether oxygens (including phenoxy) is 2. The second-order valence-electron chi connectivity index (χ2n) is 6.27. The summed E-state index contributed by atoms with van der Waals surface area (Å²) in [6.45, 7) is 5.55. The first-order chi connectivity index (χ1) is 11.2. The predicted octanol–water partition coefficient (Wildman–Crippen LogP) is 1.76. The average Bonchev–Trinajstić information content (AvgIpc) is 2.51. The zero-order chi connectivity index (χ0) is 18.2. The minimum atomic E-state index is -0.807. The molecule has 7 heteroatoms. The molecule has 1 aromatic carbocycles. The fraction of sp³-hybridized carbons (Fsp3) is 0.529. The van der Waals surface area contributed by atoms with Gasteiger partial charge in [0, 0.05) is 19.5 Å². The number of amides is 2. The number of rotatable bonds is 7. The Bertz CT molecular complexity index is 537. The first-order valence-corrected chi connectivity index (χ1v) is 7.77. The van der Waals surface area contributed by atoms with Gasteiger partial charge in [0.25, 0.3) is 0 Å². The van der Waals surface area contributed by atoms with Gasteiger partial charge in [-0.1, -0.05) is 12.1 Å². The Morgan fingerprint density at radius 3 is 2.33 bits per heavy atom. The summed E-state index contributed by atoms with van der Waals surface area (Å²) in [5.74, 6) is 0.432. The van der Waals surface area contributed by atoms with Crippen LogP contribution >= 0.6 is 0 Å². The van der Waals surface area contributed by atoms with Crippen LogP contribution in [-0.2, 0) is 9.53 Å². The van der Waals surface area contributed by atoms with Crippen molar-refractivity contribution in [3.05, 3.63) is 29.8 Å². The van der Waals surface area contributed by atoms with E-state index >= 15 is 0 Å². The van der Waals surface area contributed by atoms with Crippen LogP contribution in [0.1, 0.15) is 38.9 Å². The number of carbonyl (C=O) groups is 2. The van der Waals surface area contributed by atoms with Gasteiger partial charge >= 0.3 is 6.09 Å². The molecular formula is C17H26N2O5. The normalized spacial score (nSPS) is 12.2. The molecule has 1 unspecified atom stereocenters. The second kappa shape index (κ2) is 9.12. The highest BCUT2D eigenvalue weighted by Gasteiger charge is 2.16. The van der Waals surface area contributed by atoms with Crippen molar-refractivity contribution in [3.63, 3.8) is 0 Å². The van der Waals surface area contributed by atoms with Crippen molar-refractivity contribution in [2.75, 3.05) is 20.2 Å². The zero-order valence-corrected chi connectivity index (χ0v) is 14.6. The van der Waals surface area contributed by atoms with Gasteiger partial charge in [0.1, 0.15) is 11.4 Å². The molecule has 0 bridgehead atoms. The van der Waals surface area contributed by atoms with Gasteiger partial charge in [-0.2, -0.15) is 0 Å². The maximum atomic E-state index is 11.7. The van der Waals surface area contributed by atoms with Crippen molar-refractivity contribution in [1.29, 1.82) is 0 Å². The molecule has 24 heavy (non-hydrogen) atoms. The van der Waals surface area contributed by atoms with E-state index in [1.165, 1.54) is 0 Å². The molecule has 0 saturated carbocycles. The van der Waals surface area contributed by atoms with E-state index in [0.29, 0.717) is 11.3 Å². The second-order valence-corrected chi connectivity index (χ2v) is 6.27. The molecule has 0 saturated heterocycles. The van der Waals surface area contributed by atoms with E-state index in [1.54, 1.807) is 52.1 Å². The number of hydrogen-bond donors (Lipinski definition) is 3. The number of carbonyl (C=O) groups excluding carboxylic acids is 2. The zero-order valence-electron chi connectivity index (χ0n) is 14.6. The van der Waals surface area contributed by atoms with E-state index < -0.39 is 17.8 Å². The number of benzene rings is 1. The summed E-state index contributed by atoms with van der Waals surface area (Å²) in [7, 11) is 1.57. The highest BCUT2D eigenvalue weighted by Crippen LogP contribution is 2.16. The van der Waals surface area contributed by atoms with E-state index in [2.05, 4.69) is 10.6 Å². The molecule has 7 nitrogen and oxygen atoms in total. The van der Waals surface area contributed by atoms with Gasteiger partial charge in [0.05, 0.1) is 13.2 Å². The summed E-state index contributed by atoms with van der Waals surface area (Å²) in [6.07, 6.45) is -1.26. The molecule has 0 aliphatic rings. The van der Waals surface area contributed by atoms with Crippen LogP contribution in [0.15, 0.2) is 24.3 Å². The molecule has 0 heterocycles. The minimum Gasteiger partial charge on any atom is -0.497 e. The fourth-order valence-corrected chi connectivity index (χ4v) is 1.84. The van der Waals surface area contributed by atoms with E-state index in [9.17, 15) is 14.7 Å². The van der Waals surface area contributed by atoms with Crippen LogP contribution in [0.5, 0.6) is 5.75 Å². The molecule has 0 aliphatic heterocycles. The fourth-order valence-electron chi connectivity index (χ4n) is 1.84. The Labute approximate surface area is 142 Å². The molecule has 3 N–H and O–H groups in total. The number of aliphatic hydroxyl groups is 1. The van der Waals surface area contributed by atoms with Crippen LogP contribution in [0.25, 0.3) is 0 Å². The molecule has 1 rings (SSSR count). The number of aliphatic hydroxyl groups excluding tert-OH is 1. The first-order valence-electron chi connectivity index (χ1n) is 7.77. The van der Waals surface area contributed by atoms with Crippen molar-refractivity contribution < 1.29 is 24.2 Å². The third-order valence-electron chi connectivity index (χ3n) is 3.01. The Morgan fingerprint density at radius 1 is 1.17 bits per heavy atom. The van der Waals surface area contributed by atoms with Crippen LogP contribution in [0.2, 0.25) is 0 Å². The molecule has 1 aromatic rings. The highest BCUT2D eigenvalue weighted by atomic mass is 16.6. The number of alkyl carbamates (subject to hydrolysis) is 1. The monoisotopic (exact) mass is 338 g/mol. The van der Waals surface area contributed by atoms with Crippen LogP contribution in [0, 0.1) is 0 Å². The molecule has 0 aliphatic carbocycles. The maximum absolute atomic E-state index is 11.7. The van der Waals surface area contributed by atoms with Gasteiger partial charge in [-0.05, 0) is 38.5 Å². The lowest BCUT2D eigenvalue weighted by atomic mass is 10.1. The van der Waals surface area contributed by atoms with Crippen LogP contribution < -0.4 is 15.4 Å². The smallest absolute Gasteiger partial charge is 0.407 e. The van der Waals surface area contributed by atoms with E-state index in [0.717, 1.165) is 0 Å². The summed E-state index contributed by atoms with van der Waals surface area (Å²) in [6, 6.07) is 6.95. The molecule has 1 atom stereocenters. The topological polar surface area (TPSA) is 96.9 Å². The lowest BCUT2D eigenvalue weighted by Crippen LogP contribution is -2.35. The summed E-state index contributed by atoms with van der Waals surface area (Å²) < 4.78 is 10.1. The van der Waals surface area contributed by atoms with Gasteiger partial charge in [0.2, 0.25) is 5.91 Å². The lowest BCUT2D eigenvalue weighted by molar-refractivity contribution is -0.121. The van der Waals surface area contributed by atoms with Gasteiger partial charge < -0.3 is 25.2 Å². The largest absolute Gasteiger partial charge is 0.497 e. The molecule has 0 radical (unpaired) electrons. The molecular weight excluding hydrogens is 312 g/mol. The van der Waals surface area contributed by atoms with Crippen molar-refractivity contribution in [2.45, 2.75) is 38.9 Å². The molecule has 0 fully saturated rings. The van der Waals surface area contributed by atoms with Crippen LogP contribution in [0.3, 0.4) is 0 Å². The Balaban J connectivity index is 2.26. The minimum absolute atomic E-state index is 0.0948. The quantitative estimate of drug-likeness (QED) is 0.704. The van der Waals surface area contributed by atoms with Crippen molar-refractivity contribution in [1.82, 2.24) is 10.6 Å². The Kier molecular flexibility index (Phi) is 7.51. The summed E-state index contributed by atoms with van der Waals surface area (Å²) in [5, 5.41) is 15.2. The van der Waals surface area contributed by atoms with E-state index in [1.807, 2.05) is 0 Å². The lowest BCUT2D eigenvalue weighted by Gasteiger charge is -2.19. The third-order valence-corrected chi connectivity index (χ3v) is 3.01. The first kappa shape index (κ1) is 19.8. The highest BCUT2D eigenvalue weighted by molar-refractivity contribution is 5.77. The van der Waals surface area contributed by atoms with Crippen LogP contribution in [-0.4, -0.2) is 42.9 Å².